The Hall–Kier alpha value is -3.54. The van der Waals surface area contributed by atoms with Crippen molar-refractivity contribution in [3.8, 4) is 11.3 Å². The summed E-state index contributed by atoms with van der Waals surface area (Å²) in [6, 6.07) is 17.9. The predicted octanol–water partition coefficient (Wildman–Crippen LogP) is 4.49. The van der Waals surface area contributed by atoms with Crippen molar-refractivity contribution in [2.45, 2.75) is 12.8 Å². The number of nitrogens with zero attached hydrogens (tertiary/aromatic N) is 5. The summed E-state index contributed by atoms with van der Waals surface area (Å²) in [7, 11) is 0. The number of aromatic nitrogens is 3. The van der Waals surface area contributed by atoms with Gasteiger partial charge in [0.25, 0.3) is 0 Å². The van der Waals surface area contributed by atoms with Crippen LogP contribution in [0.2, 0.25) is 0 Å². The molecule has 126 valence electrons. The summed E-state index contributed by atoms with van der Waals surface area (Å²) in [6.07, 6.45) is 3.85. The second kappa shape index (κ2) is 5.77. The molecule has 0 amide bonds. The van der Waals surface area contributed by atoms with Crippen LogP contribution in [-0.4, -0.2) is 14.6 Å². The van der Waals surface area contributed by atoms with E-state index >= 15 is 0 Å². The molecule has 1 aliphatic rings. The van der Waals surface area contributed by atoms with Gasteiger partial charge in [0.2, 0.25) is 0 Å². The maximum Gasteiger partial charge on any atom is 0.185 e. The summed E-state index contributed by atoms with van der Waals surface area (Å²) in [5.74, 6) is 0.327. The maximum atomic E-state index is 6.14. The van der Waals surface area contributed by atoms with E-state index in [1.54, 1.807) is 0 Å². The Morgan fingerprint density at radius 1 is 0.885 bits per heavy atom. The van der Waals surface area contributed by atoms with Crippen molar-refractivity contribution in [3.05, 3.63) is 71.9 Å². The van der Waals surface area contributed by atoms with Crippen molar-refractivity contribution in [2.24, 2.45) is 10.2 Å². The van der Waals surface area contributed by atoms with E-state index in [0.29, 0.717) is 17.2 Å². The predicted molar refractivity (Wildman–Crippen MR) is 101 cm³/mol. The van der Waals surface area contributed by atoms with Crippen molar-refractivity contribution in [3.63, 3.8) is 0 Å². The lowest BCUT2D eigenvalue weighted by Crippen LogP contribution is -2.09. The fraction of sp³-hybridized carbons (Fsp3) is 0.100. The molecule has 2 aromatic heterocycles. The molecule has 1 aliphatic carbocycles. The SMILES string of the molecule is Nc1nn2c3c(cnc2c1N=Nc1ccccc1)CCc1ccccc1-3. The number of rotatable bonds is 2. The minimum atomic E-state index is 0.327. The summed E-state index contributed by atoms with van der Waals surface area (Å²) >= 11 is 0. The van der Waals surface area contributed by atoms with Crippen molar-refractivity contribution in [1.82, 2.24) is 14.6 Å². The first-order valence-electron chi connectivity index (χ1n) is 8.52. The molecule has 6 nitrogen and oxygen atoms in total. The van der Waals surface area contributed by atoms with Crippen LogP contribution in [0, 0.1) is 0 Å². The molecular weight excluding hydrogens is 324 g/mol. The van der Waals surface area contributed by atoms with Crippen molar-refractivity contribution in [1.29, 1.82) is 0 Å². The molecular formula is C20H16N6. The summed E-state index contributed by atoms with van der Waals surface area (Å²) in [4.78, 5) is 4.57. The molecule has 26 heavy (non-hydrogen) atoms. The highest BCUT2D eigenvalue weighted by Gasteiger charge is 2.22. The quantitative estimate of drug-likeness (QED) is 0.546. The average Bonchev–Trinajstić information content (AvgIpc) is 3.02. The Bertz CT molecular complexity index is 1140. The van der Waals surface area contributed by atoms with Gasteiger partial charge in [0.05, 0.1) is 11.4 Å². The van der Waals surface area contributed by atoms with E-state index in [4.69, 9.17) is 5.73 Å². The first kappa shape index (κ1) is 14.8. The van der Waals surface area contributed by atoms with Crippen LogP contribution in [0.4, 0.5) is 17.2 Å². The van der Waals surface area contributed by atoms with Crippen LogP contribution in [0.5, 0.6) is 0 Å². The van der Waals surface area contributed by atoms with Crippen molar-refractivity contribution in [2.75, 3.05) is 5.73 Å². The molecule has 0 spiro atoms. The maximum absolute atomic E-state index is 6.14. The van der Waals surface area contributed by atoms with E-state index in [-0.39, 0.29) is 0 Å². The second-order valence-electron chi connectivity index (χ2n) is 6.29. The number of anilines is 1. The first-order chi connectivity index (χ1) is 12.8. The number of azo groups is 1. The van der Waals surface area contributed by atoms with Crippen molar-refractivity contribution < 1.29 is 0 Å². The number of nitrogens with two attached hydrogens (primary N) is 1. The molecule has 0 radical (unpaired) electrons. The van der Waals surface area contributed by atoms with Crippen LogP contribution in [-0.2, 0) is 12.8 Å². The van der Waals surface area contributed by atoms with E-state index in [1.807, 2.05) is 47.1 Å². The highest BCUT2D eigenvalue weighted by atomic mass is 15.3. The lowest BCUT2D eigenvalue weighted by Gasteiger charge is -2.19. The van der Waals surface area contributed by atoms with Crippen LogP contribution in [0.3, 0.4) is 0 Å². The van der Waals surface area contributed by atoms with Crippen LogP contribution >= 0.6 is 0 Å². The molecule has 0 saturated carbocycles. The smallest absolute Gasteiger partial charge is 0.185 e. The largest absolute Gasteiger partial charge is 0.380 e. The standard InChI is InChI=1S/C20H16N6/c21-19-17(24-23-15-7-2-1-3-8-15)20-22-12-14-11-10-13-6-4-5-9-16(13)18(14)26(20)25-19/h1-9,12H,10-11H2,(H2,21,25). The number of hydrogen-bond donors (Lipinski definition) is 1. The third-order valence-corrected chi connectivity index (χ3v) is 4.68. The van der Waals surface area contributed by atoms with Gasteiger partial charge in [0.15, 0.2) is 17.2 Å². The third kappa shape index (κ3) is 2.27. The van der Waals surface area contributed by atoms with Gasteiger partial charge in [-0.3, -0.25) is 0 Å². The normalized spacial score (nSPS) is 13.1. The van der Waals surface area contributed by atoms with Crippen molar-refractivity contribution >= 4 is 22.8 Å². The van der Waals surface area contributed by atoms with Gasteiger partial charge in [0.1, 0.15) is 0 Å². The molecule has 4 aromatic rings. The fourth-order valence-electron chi connectivity index (χ4n) is 3.43. The minimum Gasteiger partial charge on any atom is -0.380 e. The molecule has 0 saturated heterocycles. The van der Waals surface area contributed by atoms with E-state index in [1.165, 1.54) is 16.7 Å². The number of benzene rings is 2. The molecule has 0 unspecified atom stereocenters. The zero-order valence-electron chi connectivity index (χ0n) is 14.0. The minimum absolute atomic E-state index is 0.327. The Morgan fingerprint density at radius 3 is 2.54 bits per heavy atom. The van der Waals surface area contributed by atoms with E-state index < -0.39 is 0 Å². The molecule has 0 bridgehead atoms. The van der Waals surface area contributed by atoms with Crippen LogP contribution in [0.1, 0.15) is 11.1 Å². The molecule has 2 aromatic carbocycles. The number of aryl methyl sites for hydroxylation is 2. The van der Waals surface area contributed by atoms with E-state index in [2.05, 4.69) is 38.5 Å². The van der Waals surface area contributed by atoms with Gasteiger partial charge in [-0.15, -0.1) is 10.2 Å². The summed E-state index contributed by atoms with van der Waals surface area (Å²) in [5, 5.41) is 13.1. The number of nitrogen functional groups attached to an aromatic ring is 1. The number of hydrogen-bond acceptors (Lipinski definition) is 5. The molecule has 0 aliphatic heterocycles. The molecule has 0 atom stereocenters. The topological polar surface area (TPSA) is 80.9 Å². The lowest BCUT2D eigenvalue weighted by atomic mass is 9.90. The lowest BCUT2D eigenvalue weighted by molar-refractivity contribution is 0.865. The van der Waals surface area contributed by atoms with Gasteiger partial charge in [-0.1, -0.05) is 42.5 Å². The van der Waals surface area contributed by atoms with E-state index in [9.17, 15) is 0 Å². The van der Waals surface area contributed by atoms with Crippen LogP contribution in [0.25, 0.3) is 16.9 Å². The van der Waals surface area contributed by atoms with Gasteiger partial charge in [0, 0.05) is 11.8 Å². The highest BCUT2D eigenvalue weighted by Crippen LogP contribution is 2.36. The zero-order chi connectivity index (χ0) is 17.5. The van der Waals surface area contributed by atoms with E-state index in [0.717, 1.165) is 24.2 Å². The highest BCUT2D eigenvalue weighted by molar-refractivity contribution is 5.80. The third-order valence-electron chi connectivity index (χ3n) is 4.68. The Balaban J connectivity index is 1.70. The first-order valence-corrected chi connectivity index (χ1v) is 8.52. The Labute approximate surface area is 150 Å². The molecule has 5 rings (SSSR count). The monoisotopic (exact) mass is 340 g/mol. The van der Waals surface area contributed by atoms with Crippen LogP contribution < -0.4 is 5.73 Å². The van der Waals surface area contributed by atoms with Crippen LogP contribution in [0.15, 0.2) is 71.0 Å². The Morgan fingerprint density at radius 2 is 1.65 bits per heavy atom. The van der Waals surface area contributed by atoms with Gasteiger partial charge < -0.3 is 5.73 Å². The molecule has 0 fully saturated rings. The summed E-state index contributed by atoms with van der Waals surface area (Å²) in [6.45, 7) is 0. The second-order valence-corrected chi connectivity index (χ2v) is 6.29. The molecule has 6 heteroatoms. The fourth-order valence-corrected chi connectivity index (χ4v) is 3.43. The van der Waals surface area contributed by atoms with Gasteiger partial charge >= 0.3 is 0 Å². The van der Waals surface area contributed by atoms with Gasteiger partial charge in [-0.2, -0.15) is 5.11 Å². The Kier molecular flexibility index (Phi) is 3.28. The molecule has 2 heterocycles. The molecule has 2 N–H and O–H groups in total. The summed E-state index contributed by atoms with van der Waals surface area (Å²) < 4.78 is 1.81. The zero-order valence-corrected chi connectivity index (χ0v) is 14.0. The summed E-state index contributed by atoms with van der Waals surface area (Å²) in [5.41, 5.74) is 12.7. The average molecular weight is 340 g/mol. The van der Waals surface area contributed by atoms with Gasteiger partial charge in [-0.05, 0) is 36.1 Å². The van der Waals surface area contributed by atoms with Gasteiger partial charge in [-0.25, -0.2) is 9.50 Å². The number of fused-ring (bicyclic) bond motifs is 5.